The van der Waals surface area contributed by atoms with Gasteiger partial charge in [-0.3, -0.25) is 19.2 Å². The van der Waals surface area contributed by atoms with Crippen LogP contribution in [0.15, 0.2) is 45.6 Å². The standard InChI is InChI=1S/C31H28O10/c1-14(2)22-11-20-28(37-16(4)33)19(10-26(29(20)40-22)36-15(3)32)23-12-21(35)27-25(39-23)13-24-18(30(27)38-17(5)34)8-9-31(6,7)41-24/h8-10,12-13,22H,1,11H2,2-7H3. The molecule has 0 fully saturated rings. The van der Waals surface area contributed by atoms with E-state index in [0.717, 1.165) is 0 Å². The highest BCUT2D eigenvalue weighted by atomic mass is 16.6. The lowest BCUT2D eigenvalue weighted by atomic mass is 9.98. The summed E-state index contributed by atoms with van der Waals surface area (Å²) in [6.45, 7) is 13.1. The average molecular weight is 561 g/mol. The van der Waals surface area contributed by atoms with Crippen LogP contribution in [0.4, 0.5) is 0 Å². The smallest absolute Gasteiger partial charge is 0.308 e. The van der Waals surface area contributed by atoms with Crippen molar-refractivity contribution in [2.45, 2.75) is 59.7 Å². The lowest BCUT2D eigenvalue weighted by molar-refractivity contribution is -0.133. The molecule has 0 amide bonds. The Labute approximate surface area is 235 Å². The molecule has 3 heterocycles. The third-order valence-corrected chi connectivity index (χ3v) is 6.50. The van der Waals surface area contributed by atoms with Crippen molar-refractivity contribution in [2.75, 3.05) is 0 Å². The van der Waals surface area contributed by atoms with Crippen molar-refractivity contribution in [2.24, 2.45) is 0 Å². The van der Waals surface area contributed by atoms with Gasteiger partial charge < -0.3 is 28.1 Å². The maximum Gasteiger partial charge on any atom is 0.308 e. The Bertz CT molecular complexity index is 1760. The van der Waals surface area contributed by atoms with Crippen LogP contribution in [-0.4, -0.2) is 29.6 Å². The molecule has 0 radical (unpaired) electrons. The lowest BCUT2D eigenvalue weighted by Crippen LogP contribution is -2.28. The number of esters is 3. The highest BCUT2D eigenvalue weighted by molar-refractivity contribution is 5.94. The Balaban J connectivity index is 1.80. The summed E-state index contributed by atoms with van der Waals surface area (Å²) < 4.78 is 34.8. The van der Waals surface area contributed by atoms with Gasteiger partial charge in [-0.1, -0.05) is 6.58 Å². The monoisotopic (exact) mass is 560 g/mol. The first-order chi connectivity index (χ1) is 19.2. The van der Waals surface area contributed by atoms with Crippen molar-refractivity contribution >= 4 is 35.0 Å². The van der Waals surface area contributed by atoms with E-state index in [2.05, 4.69) is 6.58 Å². The molecule has 10 nitrogen and oxygen atoms in total. The van der Waals surface area contributed by atoms with Gasteiger partial charge in [-0.25, -0.2) is 0 Å². The van der Waals surface area contributed by atoms with Crippen molar-refractivity contribution in [1.82, 2.24) is 0 Å². The molecule has 41 heavy (non-hydrogen) atoms. The minimum atomic E-state index is -0.673. The Morgan fingerprint density at radius 3 is 2.24 bits per heavy atom. The van der Waals surface area contributed by atoms with Crippen LogP contribution in [0.3, 0.4) is 0 Å². The number of fused-ring (bicyclic) bond motifs is 3. The van der Waals surface area contributed by atoms with Crippen LogP contribution in [0, 0.1) is 0 Å². The second kappa shape index (κ2) is 9.96. The van der Waals surface area contributed by atoms with Crippen LogP contribution in [0.1, 0.15) is 52.7 Å². The molecule has 5 rings (SSSR count). The molecule has 1 unspecified atom stereocenters. The number of hydrogen-bond acceptors (Lipinski definition) is 10. The minimum Gasteiger partial charge on any atom is -0.483 e. The Hall–Kier alpha value is -4.86. The number of carbonyl (C=O) groups is 3. The summed E-state index contributed by atoms with van der Waals surface area (Å²) in [6.07, 6.45) is 3.33. The van der Waals surface area contributed by atoms with Gasteiger partial charge in [-0.15, -0.1) is 0 Å². The molecule has 0 saturated carbocycles. The summed E-state index contributed by atoms with van der Waals surface area (Å²) in [5.41, 5.74) is 0.616. The summed E-state index contributed by atoms with van der Waals surface area (Å²) in [6, 6.07) is 4.15. The van der Waals surface area contributed by atoms with Gasteiger partial charge in [0, 0.05) is 44.9 Å². The molecule has 2 aromatic carbocycles. The van der Waals surface area contributed by atoms with Gasteiger partial charge in [0.25, 0.3) is 0 Å². The van der Waals surface area contributed by atoms with Crippen LogP contribution < -0.4 is 29.1 Å². The quantitative estimate of drug-likeness (QED) is 0.230. The van der Waals surface area contributed by atoms with Crippen LogP contribution in [-0.2, 0) is 20.8 Å². The Morgan fingerprint density at radius 2 is 1.61 bits per heavy atom. The maximum atomic E-state index is 13.6. The van der Waals surface area contributed by atoms with Gasteiger partial charge in [0.2, 0.25) is 0 Å². The Morgan fingerprint density at radius 1 is 0.951 bits per heavy atom. The predicted octanol–water partition coefficient (Wildman–Crippen LogP) is 5.30. The number of benzene rings is 2. The zero-order valence-electron chi connectivity index (χ0n) is 23.5. The van der Waals surface area contributed by atoms with Crippen LogP contribution >= 0.6 is 0 Å². The Kier molecular flexibility index (Phi) is 6.73. The first-order valence-electron chi connectivity index (χ1n) is 12.8. The maximum absolute atomic E-state index is 13.6. The molecule has 10 heteroatoms. The van der Waals surface area contributed by atoms with Gasteiger partial charge in [0.1, 0.15) is 39.9 Å². The van der Waals surface area contributed by atoms with Crippen LogP contribution in [0.5, 0.6) is 28.7 Å². The normalized spacial score (nSPS) is 16.2. The van der Waals surface area contributed by atoms with E-state index >= 15 is 0 Å². The fourth-order valence-corrected chi connectivity index (χ4v) is 4.82. The van der Waals surface area contributed by atoms with Crippen molar-refractivity contribution < 1.29 is 42.5 Å². The van der Waals surface area contributed by atoms with E-state index in [-0.39, 0.29) is 51.7 Å². The van der Waals surface area contributed by atoms with E-state index in [1.54, 1.807) is 25.1 Å². The topological polar surface area (TPSA) is 128 Å². The van der Waals surface area contributed by atoms with E-state index < -0.39 is 35.0 Å². The molecule has 0 aliphatic carbocycles. The largest absolute Gasteiger partial charge is 0.483 e. The molecule has 1 aromatic heterocycles. The van der Waals surface area contributed by atoms with Crippen molar-refractivity contribution in [1.29, 1.82) is 0 Å². The first-order valence-corrected chi connectivity index (χ1v) is 12.8. The summed E-state index contributed by atoms with van der Waals surface area (Å²) in [5.74, 6) is -1.12. The van der Waals surface area contributed by atoms with Crippen molar-refractivity contribution in [3.63, 3.8) is 0 Å². The van der Waals surface area contributed by atoms with E-state index in [1.807, 2.05) is 13.8 Å². The van der Waals surface area contributed by atoms with Gasteiger partial charge >= 0.3 is 17.9 Å². The van der Waals surface area contributed by atoms with Crippen LogP contribution in [0.2, 0.25) is 0 Å². The summed E-state index contributed by atoms with van der Waals surface area (Å²) >= 11 is 0. The van der Waals surface area contributed by atoms with Gasteiger partial charge in [0.05, 0.1) is 11.1 Å². The third-order valence-electron chi connectivity index (χ3n) is 6.50. The van der Waals surface area contributed by atoms with E-state index in [0.29, 0.717) is 22.4 Å². The highest BCUT2D eigenvalue weighted by Gasteiger charge is 2.35. The van der Waals surface area contributed by atoms with E-state index in [9.17, 15) is 19.2 Å². The number of hydrogen-bond donors (Lipinski definition) is 0. The zero-order chi connectivity index (χ0) is 29.8. The number of carbonyl (C=O) groups excluding carboxylic acids is 3. The number of ether oxygens (including phenoxy) is 5. The fourth-order valence-electron chi connectivity index (χ4n) is 4.82. The van der Waals surface area contributed by atoms with Gasteiger partial charge in [-0.2, -0.15) is 0 Å². The third kappa shape index (κ3) is 5.20. The van der Waals surface area contributed by atoms with E-state index in [1.165, 1.54) is 32.9 Å². The molecule has 2 aliphatic heterocycles. The lowest BCUT2D eigenvalue weighted by Gasteiger charge is -2.28. The zero-order valence-corrected chi connectivity index (χ0v) is 23.5. The molecular formula is C31H28O10. The van der Waals surface area contributed by atoms with Crippen LogP contribution in [0.25, 0.3) is 28.4 Å². The molecule has 0 N–H and O–H groups in total. The highest BCUT2D eigenvalue weighted by Crippen LogP contribution is 2.50. The van der Waals surface area contributed by atoms with Crippen molar-refractivity contribution in [3.8, 4) is 40.1 Å². The predicted molar refractivity (Wildman–Crippen MR) is 149 cm³/mol. The van der Waals surface area contributed by atoms with Crippen molar-refractivity contribution in [3.05, 3.63) is 57.8 Å². The van der Waals surface area contributed by atoms with Gasteiger partial charge in [0.15, 0.2) is 22.7 Å². The van der Waals surface area contributed by atoms with Gasteiger partial charge in [-0.05, 0) is 44.6 Å². The number of rotatable bonds is 5. The summed E-state index contributed by atoms with van der Waals surface area (Å²) in [4.78, 5) is 49.8. The molecule has 0 bridgehead atoms. The summed E-state index contributed by atoms with van der Waals surface area (Å²) in [5, 5.41) is 0.0248. The SMILES string of the molecule is C=C(C)C1Cc2c(c(OC(C)=O)cc(-c3cc(=O)c4c(OC(C)=O)c5c(cc4o3)OC(C)(C)C=C5)c2OC(C)=O)O1. The fraction of sp³-hybridized carbons (Fsp3) is 0.290. The molecule has 0 spiro atoms. The molecule has 3 aromatic rings. The molecule has 1 atom stereocenters. The molecule has 2 aliphatic rings. The second-order valence-electron chi connectivity index (χ2n) is 10.5. The summed E-state index contributed by atoms with van der Waals surface area (Å²) in [7, 11) is 0. The first kappa shape index (κ1) is 27.7. The minimum absolute atomic E-state index is 0.00418. The average Bonchev–Trinajstić information content (AvgIpc) is 3.30. The molecule has 0 saturated heterocycles. The van der Waals surface area contributed by atoms with E-state index in [4.69, 9.17) is 28.1 Å². The molecule has 212 valence electrons. The molecular weight excluding hydrogens is 532 g/mol. The second-order valence-corrected chi connectivity index (χ2v) is 10.5.